The fraction of sp³-hybridized carbons (Fsp3) is 0.226. The van der Waals surface area contributed by atoms with E-state index in [1.165, 1.54) is 60.7 Å². The van der Waals surface area contributed by atoms with Crippen LogP contribution in [-0.2, 0) is 55.8 Å². The van der Waals surface area contributed by atoms with Crippen LogP contribution in [0, 0.1) is 0 Å². The molecule has 2 fully saturated rings. The summed E-state index contributed by atoms with van der Waals surface area (Å²) in [7, 11) is 0. The first-order valence-corrected chi connectivity index (χ1v) is 25.5. The van der Waals surface area contributed by atoms with Gasteiger partial charge in [0.15, 0.2) is 30.9 Å². The summed E-state index contributed by atoms with van der Waals surface area (Å²) < 4.78 is 57.7. The summed E-state index contributed by atoms with van der Waals surface area (Å²) in [5.74, 6) is -5.23. The van der Waals surface area contributed by atoms with Crippen molar-refractivity contribution in [3.05, 3.63) is 251 Å². The van der Waals surface area contributed by atoms with Crippen LogP contribution < -0.4 is 0 Å². The van der Waals surface area contributed by atoms with Crippen molar-refractivity contribution in [2.45, 2.75) is 74.6 Å². The van der Waals surface area contributed by atoms with Crippen LogP contribution in [0.5, 0.6) is 0 Å². The van der Waals surface area contributed by atoms with Crippen molar-refractivity contribution in [2.24, 2.45) is 0 Å². The highest BCUT2D eigenvalue weighted by atomic mass is 16.8. The Labute approximate surface area is 454 Å². The van der Waals surface area contributed by atoms with Gasteiger partial charge in [0.25, 0.3) is 11.8 Å². The zero-order chi connectivity index (χ0) is 54.7. The number of carbonyl (C=O) groups is 6. The van der Waals surface area contributed by atoms with Crippen LogP contribution in [0.2, 0.25) is 0 Å². The molecule has 17 heteroatoms. The maximum atomic E-state index is 14.7. The van der Waals surface area contributed by atoms with E-state index in [1.54, 1.807) is 109 Å². The van der Waals surface area contributed by atoms with E-state index in [9.17, 15) is 33.9 Å². The molecule has 0 radical (unpaired) electrons. The van der Waals surface area contributed by atoms with Gasteiger partial charge in [-0.05, 0) is 71.8 Å². The number of esters is 4. The van der Waals surface area contributed by atoms with Crippen LogP contribution in [0.15, 0.2) is 206 Å². The number of imide groups is 1. The van der Waals surface area contributed by atoms with Crippen molar-refractivity contribution < 1.29 is 76.5 Å². The minimum Gasteiger partial charge on any atom is -0.459 e. The van der Waals surface area contributed by atoms with Crippen LogP contribution >= 0.6 is 0 Å². The lowest BCUT2D eigenvalue weighted by Gasteiger charge is -2.50. The number of ether oxygens (including phenoxy) is 9. The average Bonchev–Trinajstić information content (AvgIpc) is 4.05. The van der Waals surface area contributed by atoms with E-state index in [0.717, 1.165) is 10.5 Å². The van der Waals surface area contributed by atoms with Crippen LogP contribution in [0.3, 0.4) is 0 Å². The second-order valence-electron chi connectivity index (χ2n) is 18.7. The summed E-state index contributed by atoms with van der Waals surface area (Å²) in [5.41, 5.74) is 1.89. The minimum atomic E-state index is -2.00. The lowest BCUT2D eigenvalue weighted by atomic mass is 9.94. The van der Waals surface area contributed by atoms with E-state index in [0.29, 0.717) is 5.56 Å². The SMILES string of the molecule is O=C(OCC1OC(OC2C(O)C(COCc3ccccc3)OC(OCc3ccccc3)C2N2C(=O)c3ccccc3C2=O)C(OC(=O)c2ccccc2)C(OC(=O)c2ccccc2)C1OC(=O)c1ccccc1)c1ccccc1. The number of amides is 2. The van der Waals surface area contributed by atoms with Gasteiger partial charge >= 0.3 is 23.9 Å². The number of aliphatic hydroxyl groups is 1. The molecule has 402 valence electrons. The largest absolute Gasteiger partial charge is 0.459 e. The van der Waals surface area contributed by atoms with Gasteiger partial charge in [-0.15, -0.1) is 0 Å². The van der Waals surface area contributed by atoms with Gasteiger partial charge < -0.3 is 47.7 Å². The minimum absolute atomic E-state index is 0.0335. The quantitative estimate of drug-likeness (QED) is 0.0465. The molecular formula is C62H53NO16. The normalized spacial score (nSPS) is 23.5. The summed E-state index contributed by atoms with van der Waals surface area (Å²) in [6.45, 7) is -1.03. The molecule has 0 aliphatic carbocycles. The topological polar surface area (TPSA) is 209 Å². The molecule has 2 amide bonds. The van der Waals surface area contributed by atoms with Crippen LogP contribution in [0.4, 0.5) is 0 Å². The van der Waals surface area contributed by atoms with Gasteiger partial charge in [-0.2, -0.15) is 0 Å². The van der Waals surface area contributed by atoms with Gasteiger partial charge in [-0.25, -0.2) is 19.2 Å². The summed E-state index contributed by atoms with van der Waals surface area (Å²) in [6.07, 6.45) is -15.6. The third-order valence-electron chi connectivity index (χ3n) is 13.4. The molecule has 0 spiro atoms. The summed E-state index contributed by atoms with van der Waals surface area (Å²) in [6, 6.07) is 54.3. The van der Waals surface area contributed by atoms with Crippen molar-refractivity contribution >= 4 is 35.7 Å². The van der Waals surface area contributed by atoms with Crippen molar-refractivity contribution in [3.8, 4) is 0 Å². The predicted octanol–water partition coefficient (Wildman–Crippen LogP) is 7.81. The summed E-state index contributed by atoms with van der Waals surface area (Å²) >= 11 is 0. The highest BCUT2D eigenvalue weighted by molar-refractivity contribution is 6.21. The molecule has 7 aromatic rings. The molecule has 2 saturated heterocycles. The maximum Gasteiger partial charge on any atom is 0.338 e. The number of benzene rings is 7. The average molecular weight is 1070 g/mol. The summed E-state index contributed by atoms with van der Waals surface area (Å²) in [4.78, 5) is 87.3. The Morgan fingerprint density at radius 3 is 1.33 bits per heavy atom. The number of hydrogen-bond acceptors (Lipinski definition) is 16. The van der Waals surface area contributed by atoms with Crippen molar-refractivity contribution in [2.75, 3.05) is 13.2 Å². The number of aliphatic hydroxyl groups excluding tert-OH is 1. The molecule has 7 aromatic carbocycles. The Kier molecular flexibility index (Phi) is 17.1. The van der Waals surface area contributed by atoms with E-state index in [2.05, 4.69) is 0 Å². The molecular weight excluding hydrogens is 1010 g/mol. The van der Waals surface area contributed by atoms with E-state index >= 15 is 0 Å². The molecule has 1 N–H and O–H groups in total. The predicted molar refractivity (Wildman–Crippen MR) is 280 cm³/mol. The lowest BCUT2D eigenvalue weighted by molar-refractivity contribution is -0.348. The van der Waals surface area contributed by atoms with E-state index in [1.807, 2.05) is 36.4 Å². The lowest BCUT2D eigenvalue weighted by Crippen LogP contribution is -2.69. The van der Waals surface area contributed by atoms with Gasteiger partial charge in [0, 0.05) is 0 Å². The molecule has 3 aliphatic heterocycles. The Hall–Kier alpha value is -8.68. The zero-order valence-corrected chi connectivity index (χ0v) is 42.2. The smallest absolute Gasteiger partial charge is 0.338 e. The van der Waals surface area contributed by atoms with Crippen molar-refractivity contribution in [3.63, 3.8) is 0 Å². The maximum absolute atomic E-state index is 14.7. The molecule has 0 bridgehead atoms. The molecule has 17 nitrogen and oxygen atoms in total. The number of nitrogens with zero attached hydrogens (tertiary/aromatic N) is 1. The third-order valence-corrected chi connectivity index (χ3v) is 13.4. The first kappa shape index (κ1) is 53.7. The second kappa shape index (κ2) is 25.2. The van der Waals surface area contributed by atoms with Gasteiger partial charge in [0.1, 0.15) is 37.1 Å². The van der Waals surface area contributed by atoms with Gasteiger partial charge in [0.2, 0.25) is 0 Å². The molecule has 0 aromatic heterocycles. The first-order valence-electron chi connectivity index (χ1n) is 25.5. The Morgan fingerprint density at radius 1 is 0.430 bits per heavy atom. The van der Waals surface area contributed by atoms with Gasteiger partial charge in [-0.1, -0.05) is 146 Å². The van der Waals surface area contributed by atoms with Gasteiger partial charge in [0.05, 0.1) is 53.2 Å². The van der Waals surface area contributed by atoms with E-state index in [-0.39, 0.29) is 53.2 Å². The monoisotopic (exact) mass is 1070 g/mol. The molecule has 79 heavy (non-hydrogen) atoms. The summed E-state index contributed by atoms with van der Waals surface area (Å²) in [5, 5.41) is 12.8. The Bertz CT molecular complexity index is 3170. The third kappa shape index (κ3) is 12.5. The Balaban J connectivity index is 1.10. The van der Waals surface area contributed by atoms with Crippen molar-refractivity contribution in [1.29, 1.82) is 0 Å². The van der Waals surface area contributed by atoms with Crippen molar-refractivity contribution in [1.82, 2.24) is 4.90 Å². The number of rotatable bonds is 19. The number of carbonyl (C=O) groups excluding carboxylic acids is 6. The molecule has 10 atom stereocenters. The molecule has 3 heterocycles. The molecule has 10 rings (SSSR count). The first-order chi connectivity index (χ1) is 38.6. The van der Waals surface area contributed by atoms with Gasteiger partial charge in [-0.3, -0.25) is 14.5 Å². The second-order valence-corrected chi connectivity index (χ2v) is 18.7. The number of hydrogen-bond donors (Lipinski definition) is 1. The van der Waals surface area contributed by atoms with E-state index in [4.69, 9.17) is 42.6 Å². The highest BCUT2D eigenvalue weighted by Crippen LogP contribution is 2.39. The zero-order valence-electron chi connectivity index (χ0n) is 42.2. The van der Waals surface area contributed by atoms with E-state index < -0.39 is 104 Å². The standard InChI is InChI=1S/C62H53NO16/c64-50-47(37-71-35-39-21-7-1-8-22-39)74-61(73-36-40-23-9-2-10-24-40)49(63-55(65)45-33-19-20-34-46(45)56(63)66)52(50)79-62-54(78-60(70)44-31-17-6-18-32-44)53(77-59(69)43-29-15-5-16-30-43)51(76-58(68)42-27-13-4-14-28-42)48(75-62)38-72-57(67)41-25-11-3-12-26-41/h1-34,47-54,61-62,64H,35-38H2. The number of fused-ring (bicyclic) bond motifs is 1. The van der Waals surface area contributed by atoms with Crippen LogP contribution in [-0.4, -0.2) is 120 Å². The fourth-order valence-corrected chi connectivity index (χ4v) is 9.50. The molecule has 10 unspecified atom stereocenters. The molecule has 3 aliphatic rings. The van der Waals surface area contributed by atoms with Crippen LogP contribution in [0.25, 0.3) is 0 Å². The Morgan fingerprint density at radius 2 is 0.835 bits per heavy atom. The van der Waals surface area contributed by atoms with Crippen LogP contribution in [0.1, 0.15) is 73.3 Å². The fourth-order valence-electron chi connectivity index (χ4n) is 9.50. The highest BCUT2D eigenvalue weighted by Gasteiger charge is 2.59. The molecule has 0 saturated carbocycles.